The van der Waals surface area contributed by atoms with E-state index in [0.29, 0.717) is 9.79 Å². The van der Waals surface area contributed by atoms with E-state index < -0.39 is 0 Å². The number of rotatable bonds is 0. The Labute approximate surface area is 124 Å². The summed E-state index contributed by atoms with van der Waals surface area (Å²) >= 11 is 10.7. The van der Waals surface area contributed by atoms with Crippen LogP contribution < -0.4 is 0 Å². The van der Waals surface area contributed by atoms with Gasteiger partial charge in [-0.1, -0.05) is 23.7 Å². The van der Waals surface area contributed by atoms with Crippen LogP contribution in [0.15, 0.2) is 48.8 Å². The van der Waals surface area contributed by atoms with Crippen molar-refractivity contribution in [3.63, 3.8) is 0 Å². The third-order valence-corrected chi connectivity index (χ3v) is 3.24. The van der Waals surface area contributed by atoms with E-state index in [1.54, 1.807) is 6.33 Å². The van der Waals surface area contributed by atoms with E-state index in [0.717, 1.165) is 22.1 Å². The molecule has 0 fully saturated rings. The second-order valence-corrected chi connectivity index (χ2v) is 5.03. The average Bonchev–Trinajstić information content (AvgIpc) is 3.04. The van der Waals surface area contributed by atoms with Gasteiger partial charge in [0, 0.05) is 5.02 Å². The van der Waals surface area contributed by atoms with Crippen LogP contribution in [0.1, 0.15) is 0 Å². The van der Waals surface area contributed by atoms with E-state index in [-0.39, 0.29) is 0 Å². The maximum Gasteiger partial charge on any atom is 0.175 e. The zero-order chi connectivity index (χ0) is 13.9. The molecule has 2 aromatic heterocycles. The number of imidazole rings is 2. The van der Waals surface area contributed by atoms with Crippen molar-refractivity contribution < 1.29 is 0 Å². The number of hydrogen-bond donors (Lipinski definition) is 3. The Bertz CT molecular complexity index is 876. The average molecular weight is 303 g/mol. The first-order valence-electron chi connectivity index (χ1n) is 5.98. The zero-order valence-electron chi connectivity index (χ0n) is 10.4. The molecule has 20 heavy (non-hydrogen) atoms. The fourth-order valence-electron chi connectivity index (χ4n) is 1.88. The minimum atomic E-state index is 0.627. The molecule has 0 saturated heterocycles. The minimum Gasteiger partial charge on any atom is -0.345 e. The van der Waals surface area contributed by atoms with Crippen LogP contribution in [-0.4, -0.2) is 19.9 Å². The van der Waals surface area contributed by atoms with E-state index >= 15 is 0 Å². The van der Waals surface area contributed by atoms with E-state index in [1.165, 1.54) is 0 Å². The van der Waals surface area contributed by atoms with E-state index in [4.69, 9.17) is 23.8 Å². The van der Waals surface area contributed by atoms with Crippen LogP contribution in [0.3, 0.4) is 0 Å². The van der Waals surface area contributed by atoms with Crippen LogP contribution in [0.5, 0.6) is 0 Å². The van der Waals surface area contributed by atoms with Crippen LogP contribution in [0.4, 0.5) is 0 Å². The predicted octanol–water partition coefficient (Wildman–Crippen LogP) is 4.44. The molecule has 6 heteroatoms. The van der Waals surface area contributed by atoms with E-state index in [2.05, 4.69) is 19.9 Å². The second kappa shape index (κ2) is 5.48. The lowest BCUT2D eigenvalue weighted by molar-refractivity contribution is 1.30. The van der Waals surface area contributed by atoms with Gasteiger partial charge in [0.1, 0.15) is 0 Å². The topological polar surface area (TPSA) is 60.3 Å². The molecule has 0 aliphatic carbocycles. The predicted molar refractivity (Wildman–Crippen MR) is 84.6 cm³/mol. The van der Waals surface area contributed by atoms with Gasteiger partial charge in [-0.25, -0.2) is 4.98 Å². The van der Waals surface area contributed by atoms with Crippen molar-refractivity contribution in [1.29, 1.82) is 0 Å². The van der Waals surface area contributed by atoms with Gasteiger partial charge in [-0.05, 0) is 42.5 Å². The summed E-state index contributed by atoms with van der Waals surface area (Å²) in [6, 6.07) is 13.5. The van der Waals surface area contributed by atoms with Gasteiger partial charge in [0.05, 0.1) is 28.4 Å². The molecule has 4 rings (SSSR count). The highest BCUT2D eigenvalue weighted by Gasteiger charge is 1.94. The third-order valence-electron chi connectivity index (χ3n) is 2.81. The minimum absolute atomic E-state index is 0.627. The molecular weight excluding hydrogens is 292 g/mol. The molecule has 3 N–H and O–H groups in total. The summed E-state index contributed by atoms with van der Waals surface area (Å²) in [6.07, 6.45) is 1.70. The van der Waals surface area contributed by atoms with Gasteiger partial charge in [-0.3, -0.25) is 0 Å². The lowest BCUT2D eigenvalue weighted by atomic mass is 10.3. The molecular formula is C14H11ClN4S. The maximum atomic E-state index is 5.76. The van der Waals surface area contributed by atoms with Crippen LogP contribution in [0.2, 0.25) is 5.02 Å². The maximum absolute atomic E-state index is 5.76. The fourth-order valence-corrected chi connectivity index (χ4v) is 2.28. The molecule has 0 saturated carbocycles. The summed E-state index contributed by atoms with van der Waals surface area (Å²) in [5.74, 6) is 0. The number of nitrogens with zero attached hydrogens (tertiary/aromatic N) is 1. The van der Waals surface area contributed by atoms with Gasteiger partial charge in [0.15, 0.2) is 4.77 Å². The molecule has 0 atom stereocenters. The largest absolute Gasteiger partial charge is 0.345 e. The van der Waals surface area contributed by atoms with Crippen molar-refractivity contribution >= 4 is 45.9 Å². The number of para-hydroxylation sites is 2. The number of benzene rings is 2. The van der Waals surface area contributed by atoms with Gasteiger partial charge < -0.3 is 15.0 Å². The smallest absolute Gasteiger partial charge is 0.175 e. The highest BCUT2D eigenvalue weighted by molar-refractivity contribution is 7.71. The summed E-state index contributed by atoms with van der Waals surface area (Å²) in [5, 5.41) is 0.711. The summed E-state index contributed by atoms with van der Waals surface area (Å²) in [6.45, 7) is 0. The first kappa shape index (κ1) is 12.9. The molecule has 2 aromatic carbocycles. The highest BCUT2D eigenvalue weighted by atomic mass is 35.5. The Balaban J connectivity index is 0.000000123. The molecule has 0 unspecified atom stereocenters. The summed E-state index contributed by atoms with van der Waals surface area (Å²) in [7, 11) is 0. The molecule has 0 bridgehead atoms. The molecule has 0 amide bonds. The molecule has 2 heterocycles. The highest BCUT2D eigenvalue weighted by Crippen LogP contribution is 2.15. The second-order valence-electron chi connectivity index (χ2n) is 4.19. The Hall–Kier alpha value is -2.11. The molecule has 4 aromatic rings. The van der Waals surface area contributed by atoms with Crippen LogP contribution in [0.25, 0.3) is 22.1 Å². The normalized spacial score (nSPS) is 10.4. The van der Waals surface area contributed by atoms with Crippen molar-refractivity contribution in [3.05, 3.63) is 58.6 Å². The lowest BCUT2D eigenvalue weighted by Gasteiger charge is -1.87. The number of aromatic amines is 3. The van der Waals surface area contributed by atoms with Crippen molar-refractivity contribution in [2.45, 2.75) is 0 Å². The Morgan fingerprint density at radius 2 is 1.75 bits per heavy atom. The standard InChI is InChI=1S/C7H5ClN2S.C7H6N2/c8-4-1-2-5-6(3-4)10-7(11)9-5;1-2-4-7-6(3-1)8-5-9-7/h1-3H,(H2,9,10,11);1-5H,(H,8,9). The first-order valence-corrected chi connectivity index (χ1v) is 6.77. The van der Waals surface area contributed by atoms with Crippen LogP contribution in [-0.2, 0) is 0 Å². The number of halogens is 1. The fraction of sp³-hybridized carbons (Fsp3) is 0. The quantitative estimate of drug-likeness (QED) is 0.420. The van der Waals surface area contributed by atoms with Crippen molar-refractivity contribution in [3.8, 4) is 0 Å². The van der Waals surface area contributed by atoms with Crippen LogP contribution in [0, 0.1) is 4.77 Å². The summed E-state index contributed by atoms with van der Waals surface area (Å²) < 4.78 is 0.627. The first-order chi connectivity index (χ1) is 9.72. The third kappa shape index (κ3) is 2.74. The van der Waals surface area contributed by atoms with Gasteiger partial charge in [0.2, 0.25) is 0 Å². The number of H-pyrrole nitrogens is 3. The van der Waals surface area contributed by atoms with Gasteiger partial charge in [-0.2, -0.15) is 0 Å². The number of hydrogen-bond acceptors (Lipinski definition) is 2. The Kier molecular flexibility index (Phi) is 3.54. The number of nitrogens with one attached hydrogen (secondary N) is 3. The van der Waals surface area contributed by atoms with E-state index in [1.807, 2.05) is 42.5 Å². The summed E-state index contributed by atoms with van der Waals surface area (Å²) in [5.41, 5.74) is 4.05. The Morgan fingerprint density at radius 3 is 2.60 bits per heavy atom. The molecule has 4 nitrogen and oxygen atoms in total. The molecule has 0 spiro atoms. The number of fused-ring (bicyclic) bond motifs is 2. The van der Waals surface area contributed by atoms with Crippen LogP contribution >= 0.6 is 23.8 Å². The van der Waals surface area contributed by atoms with Crippen molar-refractivity contribution in [1.82, 2.24) is 19.9 Å². The SMILES string of the molecule is S=c1[nH]c2ccc(Cl)cc2[nH]1.c1ccc2[nH]cnc2c1. The molecule has 0 aliphatic rings. The van der Waals surface area contributed by atoms with Gasteiger partial charge >= 0.3 is 0 Å². The van der Waals surface area contributed by atoms with E-state index in [9.17, 15) is 0 Å². The zero-order valence-corrected chi connectivity index (χ0v) is 11.9. The monoisotopic (exact) mass is 302 g/mol. The van der Waals surface area contributed by atoms with Crippen molar-refractivity contribution in [2.24, 2.45) is 0 Å². The summed E-state index contributed by atoms with van der Waals surface area (Å²) in [4.78, 5) is 13.0. The molecule has 0 radical (unpaired) electrons. The molecule has 0 aliphatic heterocycles. The van der Waals surface area contributed by atoms with Gasteiger partial charge in [0.25, 0.3) is 0 Å². The van der Waals surface area contributed by atoms with Crippen molar-refractivity contribution in [2.75, 3.05) is 0 Å². The Morgan fingerprint density at radius 1 is 0.950 bits per heavy atom. The number of aromatic nitrogens is 4. The molecule has 100 valence electrons. The van der Waals surface area contributed by atoms with Gasteiger partial charge in [-0.15, -0.1) is 0 Å². The lowest BCUT2D eigenvalue weighted by Crippen LogP contribution is -1.67.